The van der Waals surface area contributed by atoms with E-state index >= 15 is 0 Å². The van der Waals surface area contributed by atoms with Crippen LogP contribution in [0.1, 0.15) is 155 Å². The molecule has 1 rings (SSSR count). The van der Waals surface area contributed by atoms with E-state index in [9.17, 15) is 33.1 Å². The first kappa shape index (κ1) is 66.0. The Balaban J connectivity index is 2.43. The summed E-state index contributed by atoms with van der Waals surface area (Å²) >= 11 is 0. The van der Waals surface area contributed by atoms with E-state index < -0.39 is 59.8 Å². The fourth-order valence-corrected chi connectivity index (χ4v) is 7.55. The summed E-state index contributed by atoms with van der Waals surface area (Å²) in [4.78, 5) is 12.9. The first-order valence-electron chi connectivity index (χ1n) is 26.6. The lowest BCUT2D eigenvalue weighted by Crippen LogP contribution is -2.60. The number of ether oxygens (including phenoxy) is 4. The van der Waals surface area contributed by atoms with Crippen molar-refractivity contribution in [2.75, 3.05) is 26.4 Å². The minimum absolute atomic E-state index is 0.00926. The van der Waals surface area contributed by atoms with E-state index in [0.717, 1.165) is 122 Å². The quantitative estimate of drug-likeness (QED) is 0.0197. The van der Waals surface area contributed by atoms with Crippen molar-refractivity contribution < 1.29 is 56.2 Å². The van der Waals surface area contributed by atoms with Crippen molar-refractivity contribution in [3.63, 3.8) is 0 Å². The van der Waals surface area contributed by atoms with E-state index in [-0.39, 0.29) is 19.6 Å². The molecule has 0 saturated carbocycles. The zero-order chi connectivity index (χ0) is 52.4. The highest BCUT2D eigenvalue weighted by Gasteiger charge is 2.48. The zero-order valence-electron chi connectivity index (χ0n) is 43.7. The lowest BCUT2D eigenvalue weighted by atomic mass is 9.99. The van der Waals surface area contributed by atoms with Crippen LogP contribution in [0, 0.1) is 0 Å². The van der Waals surface area contributed by atoms with E-state index in [4.69, 9.17) is 18.9 Å². The second kappa shape index (κ2) is 48.0. The highest BCUT2D eigenvalue weighted by Crippen LogP contribution is 2.26. The third-order valence-electron chi connectivity index (χ3n) is 11.0. The van der Waals surface area contributed by atoms with Gasteiger partial charge in [0.2, 0.25) is 0 Å². The lowest BCUT2D eigenvalue weighted by Gasteiger charge is -2.41. The molecule has 0 radical (unpaired) electrons. The molecule has 0 aliphatic carbocycles. The van der Waals surface area contributed by atoms with E-state index in [2.05, 4.69) is 158 Å². The van der Waals surface area contributed by atoms with Crippen molar-refractivity contribution in [3.05, 3.63) is 146 Å². The van der Waals surface area contributed by atoms with Gasteiger partial charge in [0, 0.05) is 13.0 Å². The van der Waals surface area contributed by atoms with Gasteiger partial charge in [-0.1, -0.05) is 185 Å². The topological polar surface area (TPSA) is 178 Å². The molecule has 72 heavy (non-hydrogen) atoms. The maximum absolute atomic E-state index is 12.9. The molecule has 0 aromatic rings. The zero-order valence-corrected chi connectivity index (χ0v) is 44.5. The minimum Gasteiger partial charge on any atom is -0.457 e. The van der Waals surface area contributed by atoms with Crippen LogP contribution in [0.25, 0.3) is 0 Å². The average molecular weight is 1030 g/mol. The van der Waals surface area contributed by atoms with Gasteiger partial charge >= 0.3 is 16.4 Å². The summed E-state index contributed by atoms with van der Waals surface area (Å²) < 4.78 is 59.2. The fraction of sp³-hybridized carbons (Fsp3) is 0.576. The summed E-state index contributed by atoms with van der Waals surface area (Å²) in [7, 11) is -5.09. The first-order chi connectivity index (χ1) is 35.1. The normalized spacial score (nSPS) is 20.1. The van der Waals surface area contributed by atoms with Gasteiger partial charge in [-0.05, 0) is 109 Å². The van der Waals surface area contributed by atoms with Gasteiger partial charge in [0.25, 0.3) is 0 Å². The van der Waals surface area contributed by atoms with Crippen LogP contribution in [-0.4, -0.2) is 97.5 Å². The summed E-state index contributed by atoms with van der Waals surface area (Å²) in [5.74, 6) is -0.469. The molecule has 1 saturated heterocycles. The Morgan fingerprint density at radius 1 is 0.528 bits per heavy atom. The molecule has 13 heteroatoms. The standard InChI is InChI=1S/C59H92O12S/c1-3-5-7-9-11-13-15-17-19-21-23-25-27-28-30-32-34-36-38-40-42-44-46-48-55(61)69-53(52-68-59-57(63)58(71-72(64,65)66)56(62)54(50-60)70-59)51-67-49-47-45-43-41-39-37-35-33-31-29-26-24-22-20-18-16-14-12-10-8-6-4-2/h5-8,11-14,17-20,23-26,28,30-31,33-34,36,40,42,53-54,56-60,62-63H,3-4,9-10,15-16,21-22,27,29,32,35,37-39,41,43-52H2,1-2H3,(H,64,65,66)/b7-5-,8-6-,13-11-,14-12-,19-17-,20-18-,25-23-,26-24-,30-28-,33-31-,36-34-,42-40-. The predicted molar refractivity (Wildman–Crippen MR) is 293 cm³/mol. The van der Waals surface area contributed by atoms with Crippen molar-refractivity contribution >= 4 is 16.4 Å². The molecule has 12 nitrogen and oxygen atoms in total. The van der Waals surface area contributed by atoms with Crippen LogP contribution in [0.15, 0.2) is 146 Å². The molecule has 0 aromatic heterocycles. The number of rotatable bonds is 44. The first-order valence-corrected chi connectivity index (χ1v) is 28.0. The molecule has 4 N–H and O–H groups in total. The van der Waals surface area contributed by atoms with Gasteiger partial charge in [0.05, 0.1) is 19.8 Å². The number of hydrogen-bond acceptors (Lipinski definition) is 11. The molecule has 1 heterocycles. The molecular weight excluding hydrogens is 933 g/mol. The second-order valence-electron chi connectivity index (χ2n) is 17.3. The third kappa shape index (κ3) is 40.5. The third-order valence-corrected chi connectivity index (χ3v) is 11.4. The van der Waals surface area contributed by atoms with Gasteiger partial charge in [-0.15, -0.1) is 0 Å². The summed E-state index contributed by atoms with van der Waals surface area (Å²) in [6.45, 7) is 3.63. The Labute approximate surface area is 435 Å². The SMILES string of the molecule is CC/C=C\C/C=C\C/C=C\C/C=C\C/C=C\C/C=C\C/C=C\CCCC(=O)OC(COCCCCCCCC/C=C\C/C=C\C/C=C\C/C=C\C/C=C\CC)COC1OC(CO)C(O)C(OS(=O)(=O)O)C1O. The Morgan fingerprint density at radius 2 is 0.917 bits per heavy atom. The van der Waals surface area contributed by atoms with Gasteiger partial charge in [-0.2, -0.15) is 8.42 Å². The number of esters is 1. The number of unbranched alkanes of at least 4 members (excludes halogenated alkanes) is 7. The highest BCUT2D eigenvalue weighted by atomic mass is 32.3. The number of carbonyl (C=O) groups excluding carboxylic acids is 1. The second-order valence-corrected chi connectivity index (χ2v) is 18.4. The van der Waals surface area contributed by atoms with Gasteiger partial charge in [0.1, 0.15) is 30.5 Å². The molecule has 1 fully saturated rings. The maximum Gasteiger partial charge on any atom is 0.397 e. The predicted octanol–water partition coefficient (Wildman–Crippen LogP) is 12.9. The molecule has 406 valence electrons. The molecule has 0 spiro atoms. The van der Waals surface area contributed by atoms with Crippen LogP contribution >= 0.6 is 0 Å². The van der Waals surface area contributed by atoms with Crippen molar-refractivity contribution in [1.29, 1.82) is 0 Å². The summed E-state index contributed by atoms with van der Waals surface area (Å²) in [6, 6.07) is 0. The smallest absolute Gasteiger partial charge is 0.397 e. The largest absolute Gasteiger partial charge is 0.457 e. The summed E-state index contributed by atoms with van der Waals surface area (Å²) in [5.41, 5.74) is 0. The molecule has 6 atom stereocenters. The van der Waals surface area contributed by atoms with Crippen LogP contribution in [0.2, 0.25) is 0 Å². The van der Waals surface area contributed by atoms with Crippen LogP contribution in [0.5, 0.6) is 0 Å². The fourth-order valence-electron chi connectivity index (χ4n) is 7.04. The Hall–Kier alpha value is -4.02. The molecule has 1 aliphatic heterocycles. The Kier molecular flexibility index (Phi) is 44.0. The van der Waals surface area contributed by atoms with Gasteiger partial charge in [-0.25, -0.2) is 4.18 Å². The van der Waals surface area contributed by atoms with Crippen LogP contribution in [0.3, 0.4) is 0 Å². The number of aliphatic hydroxyl groups is 3. The Morgan fingerprint density at radius 3 is 1.33 bits per heavy atom. The minimum atomic E-state index is -5.09. The Bertz CT molecular complexity index is 1800. The van der Waals surface area contributed by atoms with E-state index in [1.54, 1.807) is 0 Å². The van der Waals surface area contributed by atoms with Gasteiger partial charge < -0.3 is 34.3 Å². The molecular formula is C59H92O12S. The van der Waals surface area contributed by atoms with Crippen LogP contribution in [0.4, 0.5) is 0 Å². The molecule has 1 aliphatic rings. The molecule has 0 bridgehead atoms. The number of allylic oxidation sites excluding steroid dienone is 24. The van der Waals surface area contributed by atoms with Gasteiger partial charge in [0.15, 0.2) is 6.29 Å². The van der Waals surface area contributed by atoms with Crippen LogP contribution in [-0.2, 0) is 38.3 Å². The van der Waals surface area contributed by atoms with Crippen molar-refractivity contribution in [3.8, 4) is 0 Å². The van der Waals surface area contributed by atoms with Crippen molar-refractivity contribution in [2.24, 2.45) is 0 Å². The van der Waals surface area contributed by atoms with E-state index in [0.29, 0.717) is 19.4 Å². The summed E-state index contributed by atoms with van der Waals surface area (Å²) in [5, 5.41) is 30.8. The molecule has 0 amide bonds. The van der Waals surface area contributed by atoms with Crippen LogP contribution < -0.4 is 0 Å². The van der Waals surface area contributed by atoms with Crippen molar-refractivity contribution in [2.45, 2.75) is 192 Å². The maximum atomic E-state index is 12.9. The van der Waals surface area contributed by atoms with E-state index in [1.165, 1.54) is 0 Å². The average Bonchev–Trinajstić information content (AvgIpc) is 3.36. The van der Waals surface area contributed by atoms with E-state index in [1.807, 2.05) is 6.08 Å². The monoisotopic (exact) mass is 1020 g/mol. The number of aliphatic hydroxyl groups excluding tert-OH is 3. The highest BCUT2D eigenvalue weighted by molar-refractivity contribution is 7.80. The van der Waals surface area contributed by atoms with Crippen molar-refractivity contribution in [1.82, 2.24) is 0 Å². The number of hydrogen-bond donors (Lipinski definition) is 4. The molecule has 0 aromatic carbocycles. The molecule has 6 unspecified atom stereocenters. The van der Waals surface area contributed by atoms with Gasteiger partial charge in [-0.3, -0.25) is 9.35 Å². The lowest BCUT2D eigenvalue weighted by molar-refractivity contribution is -0.301. The number of carbonyl (C=O) groups is 1. The summed E-state index contributed by atoms with van der Waals surface area (Å²) in [6.07, 6.45) is 63.1.